The minimum atomic E-state index is -0.205. The number of carbonyl (C=O) groups is 1. The van der Waals surface area contributed by atoms with Gasteiger partial charge >= 0.3 is 0 Å². The molecule has 168 valence electrons. The standard InChI is InChI=1S/C25H24ClN5O2/c1-33-21-12-6-17(7-13-21)15-28-31-24(32)14-18(16-27-20-10-8-19(26)9-11-20)25-29-22-4-2-3-5-23(22)30-25/h2-13,15,18,27H,14,16H2,1H3,(H,29,30)(H,31,32). The number of aromatic amines is 1. The van der Waals surface area contributed by atoms with Crippen molar-refractivity contribution in [3.8, 4) is 5.75 Å². The van der Waals surface area contributed by atoms with Gasteiger partial charge in [0.15, 0.2) is 0 Å². The third kappa shape index (κ3) is 6.11. The van der Waals surface area contributed by atoms with Crippen molar-refractivity contribution < 1.29 is 9.53 Å². The van der Waals surface area contributed by atoms with Crippen molar-refractivity contribution in [3.63, 3.8) is 0 Å². The second kappa shape index (κ2) is 10.7. The molecular weight excluding hydrogens is 438 g/mol. The molecule has 3 aromatic carbocycles. The Hall–Kier alpha value is -3.84. The number of nitrogens with one attached hydrogen (secondary N) is 3. The highest BCUT2D eigenvalue weighted by Gasteiger charge is 2.20. The maximum absolute atomic E-state index is 12.7. The maximum Gasteiger partial charge on any atom is 0.240 e. The number of rotatable bonds is 9. The number of hydrazone groups is 1. The lowest BCUT2D eigenvalue weighted by atomic mass is 10.0. The van der Waals surface area contributed by atoms with Gasteiger partial charge in [-0.15, -0.1) is 0 Å². The third-order valence-electron chi connectivity index (χ3n) is 5.14. The van der Waals surface area contributed by atoms with Crippen LogP contribution in [0.15, 0.2) is 77.9 Å². The predicted molar refractivity (Wildman–Crippen MR) is 132 cm³/mol. The second-order valence-corrected chi connectivity index (χ2v) is 7.93. The van der Waals surface area contributed by atoms with E-state index in [1.54, 1.807) is 13.3 Å². The van der Waals surface area contributed by atoms with Crippen molar-refractivity contribution in [2.45, 2.75) is 12.3 Å². The summed E-state index contributed by atoms with van der Waals surface area (Å²) in [6, 6.07) is 22.6. The van der Waals surface area contributed by atoms with Crippen LogP contribution >= 0.6 is 11.6 Å². The lowest BCUT2D eigenvalue weighted by Gasteiger charge is -2.15. The van der Waals surface area contributed by atoms with E-state index in [2.05, 4.69) is 25.8 Å². The molecule has 1 atom stereocenters. The number of hydrogen-bond acceptors (Lipinski definition) is 5. The highest BCUT2D eigenvalue weighted by atomic mass is 35.5. The van der Waals surface area contributed by atoms with Crippen LogP contribution in [-0.2, 0) is 4.79 Å². The molecule has 1 amide bonds. The van der Waals surface area contributed by atoms with Crippen molar-refractivity contribution in [2.75, 3.05) is 19.0 Å². The van der Waals surface area contributed by atoms with E-state index in [1.165, 1.54) is 0 Å². The van der Waals surface area contributed by atoms with Crippen LogP contribution in [0, 0.1) is 0 Å². The molecule has 0 radical (unpaired) electrons. The zero-order valence-electron chi connectivity index (χ0n) is 18.1. The van der Waals surface area contributed by atoms with Crippen molar-refractivity contribution in [2.24, 2.45) is 5.10 Å². The number of nitrogens with zero attached hydrogens (tertiary/aromatic N) is 2. The summed E-state index contributed by atoms with van der Waals surface area (Å²) in [5, 5.41) is 8.12. The van der Waals surface area contributed by atoms with E-state index in [-0.39, 0.29) is 18.2 Å². The van der Waals surface area contributed by atoms with Crippen LogP contribution in [-0.4, -0.2) is 35.7 Å². The fourth-order valence-corrected chi connectivity index (χ4v) is 3.50. The number of para-hydroxylation sites is 2. The van der Waals surface area contributed by atoms with Gasteiger partial charge in [-0.2, -0.15) is 5.10 Å². The Morgan fingerprint density at radius 2 is 1.88 bits per heavy atom. The summed E-state index contributed by atoms with van der Waals surface area (Å²) < 4.78 is 5.14. The van der Waals surface area contributed by atoms with Crippen LogP contribution < -0.4 is 15.5 Å². The molecule has 0 aliphatic rings. The number of ether oxygens (including phenoxy) is 1. The maximum atomic E-state index is 12.7. The van der Waals surface area contributed by atoms with Gasteiger partial charge in [-0.1, -0.05) is 23.7 Å². The van der Waals surface area contributed by atoms with Gasteiger partial charge in [-0.25, -0.2) is 10.4 Å². The van der Waals surface area contributed by atoms with E-state index < -0.39 is 0 Å². The number of fused-ring (bicyclic) bond motifs is 1. The van der Waals surface area contributed by atoms with Gasteiger partial charge < -0.3 is 15.0 Å². The van der Waals surface area contributed by atoms with Crippen molar-refractivity contribution >= 4 is 40.4 Å². The van der Waals surface area contributed by atoms with E-state index in [9.17, 15) is 4.79 Å². The lowest BCUT2D eigenvalue weighted by molar-refractivity contribution is -0.121. The summed E-state index contributed by atoms with van der Waals surface area (Å²) in [6.07, 6.45) is 1.81. The van der Waals surface area contributed by atoms with Crippen LogP contribution in [0.25, 0.3) is 11.0 Å². The molecule has 8 heteroatoms. The first kappa shape index (κ1) is 22.4. The molecule has 0 spiro atoms. The summed E-state index contributed by atoms with van der Waals surface area (Å²) in [7, 11) is 1.61. The Labute approximate surface area is 196 Å². The first-order valence-electron chi connectivity index (χ1n) is 10.5. The Balaban J connectivity index is 1.44. The fraction of sp³-hybridized carbons (Fsp3) is 0.160. The molecule has 4 aromatic rings. The largest absolute Gasteiger partial charge is 0.497 e. The molecule has 7 nitrogen and oxygen atoms in total. The van der Waals surface area contributed by atoms with E-state index in [0.29, 0.717) is 11.6 Å². The molecule has 1 aromatic heterocycles. The van der Waals surface area contributed by atoms with E-state index >= 15 is 0 Å². The van der Waals surface area contributed by atoms with Crippen LogP contribution in [0.5, 0.6) is 5.75 Å². The van der Waals surface area contributed by atoms with Crippen LogP contribution in [0.2, 0.25) is 5.02 Å². The molecule has 3 N–H and O–H groups in total. The van der Waals surface area contributed by atoms with E-state index in [4.69, 9.17) is 16.3 Å². The Morgan fingerprint density at radius 3 is 2.61 bits per heavy atom. The second-order valence-electron chi connectivity index (χ2n) is 7.49. The quantitative estimate of drug-likeness (QED) is 0.242. The number of aromatic nitrogens is 2. The molecular formula is C25H24ClN5O2. The molecule has 0 fully saturated rings. The summed E-state index contributed by atoms with van der Waals surface area (Å²) in [5.41, 5.74) is 6.18. The summed E-state index contributed by atoms with van der Waals surface area (Å²) >= 11 is 5.98. The molecule has 0 saturated carbocycles. The summed E-state index contributed by atoms with van der Waals surface area (Å²) in [5.74, 6) is 1.11. The number of H-pyrrole nitrogens is 1. The van der Waals surface area contributed by atoms with Crippen molar-refractivity contribution in [1.82, 2.24) is 15.4 Å². The van der Waals surface area contributed by atoms with E-state index in [1.807, 2.05) is 72.8 Å². The number of imidazole rings is 1. The van der Waals surface area contributed by atoms with Crippen LogP contribution in [0.3, 0.4) is 0 Å². The van der Waals surface area contributed by atoms with Gasteiger partial charge in [0.1, 0.15) is 11.6 Å². The third-order valence-corrected chi connectivity index (χ3v) is 5.39. The number of benzene rings is 3. The minimum absolute atomic E-state index is 0.190. The Kier molecular flexibility index (Phi) is 7.22. The number of anilines is 1. The Morgan fingerprint density at radius 1 is 1.12 bits per heavy atom. The van der Waals surface area contributed by atoms with Gasteiger partial charge in [0.25, 0.3) is 0 Å². The van der Waals surface area contributed by atoms with Crippen LogP contribution in [0.4, 0.5) is 5.69 Å². The average Bonchev–Trinajstić information content (AvgIpc) is 3.27. The molecule has 1 unspecified atom stereocenters. The number of halogens is 1. The number of amides is 1. The molecule has 1 heterocycles. The zero-order chi connectivity index (χ0) is 23.0. The predicted octanol–water partition coefficient (Wildman–Crippen LogP) is 4.96. The summed E-state index contributed by atoms with van der Waals surface area (Å²) in [6.45, 7) is 0.511. The molecule has 33 heavy (non-hydrogen) atoms. The first-order chi connectivity index (χ1) is 16.1. The highest BCUT2D eigenvalue weighted by molar-refractivity contribution is 6.30. The van der Waals surface area contributed by atoms with Crippen LogP contribution in [0.1, 0.15) is 23.7 Å². The lowest BCUT2D eigenvalue weighted by Crippen LogP contribution is -2.24. The van der Waals surface area contributed by atoms with Gasteiger partial charge in [-0.05, 0) is 66.2 Å². The first-order valence-corrected chi connectivity index (χ1v) is 10.9. The summed E-state index contributed by atoms with van der Waals surface area (Å²) in [4.78, 5) is 20.7. The Bertz CT molecular complexity index is 1200. The topological polar surface area (TPSA) is 91.4 Å². The van der Waals surface area contributed by atoms with Crippen molar-refractivity contribution in [1.29, 1.82) is 0 Å². The molecule has 0 aliphatic carbocycles. The highest BCUT2D eigenvalue weighted by Crippen LogP contribution is 2.22. The molecule has 0 saturated heterocycles. The molecule has 4 rings (SSSR count). The zero-order valence-corrected chi connectivity index (χ0v) is 18.8. The van der Waals surface area contributed by atoms with Gasteiger partial charge in [-0.3, -0.25) is 4.79 Å². The normalized spacial score (nSPS) is 12.1. The number of methoxy groups -OCH3 is 1. The average molecular weight is 462 g/mol. The SMILES string of the molecule is COc1ccc(C=NNC(=O)CC(CNc2ccc(Cl)cc2)c2nc3ccccc3[nH]2)cc1. The number of hydrogen-bond donors (Lipinski definition) is 3. The van der Waals surface area contributed by atoms with Gasteiger partial charge in [0.2, 0.25) is 5.91 Å². The van der Waals surface area contributed by atoms with Gasteiger partial charge in [0, 0.05) is 29.6 Å². The minimum Gasteiger partial charge on any atom is -0.497 e. The van der Waals surface area contributed by atoms with Gasteiger partial charge in [0.05, 0.1) is 24.4 Å². The van der Waals surface area contributed by atoms with Crippen molar-refractivity contribution in [3.05, 3.63) is 89.2 Å². The molecule has 0 aliphatic heterocycles. The monoisotopic (exact) mass is 461 g/mol. The molecule has 0 bridgehead atoms. The smallest absolute Gasteiger partial charge is 0.240 e. The number of carbonyl (C=O) groups excluding carboxylic acids is 1. The fourth-order valence-electron chi connectivity index (χ4n) is 3.38. The van der Waals surface area contributed by atoms with E-state index in [0.717, 1.165) is 33.9 Å².